The Hall–Kier alpha value is -3.26. The summed E-state index contributed by atoms with van der Waals surface area (Å²) in [5.41, 5.74) is 3.57. The molecule has 0 saturated heterocycles. The minimum Gasteiger partial charge on any atom is -0.463 e. The van der Waals surface area contributed by atoms with Crippen LogP contribution >= 0.6 is 0 Å². The van der Waals surface area contributed by atoms with Crippen molar-refractivity contribution in [2.24, 2.45) is 5.73 Å². The van der Waals surface area contributed by atoms with Gasteiger partial charge in [0, 0.05) is 10.3 Å². The van der Waals surface area contributed by atoms with Crippen LogP contribution in [-0.2, 0) is 18.0 Å². The second-order valence-electron chi connectivity index (χ2n) is 3.62. The molecule has 4 N–H and O–H groups in total. The van der Waals surface area contributed by atoms with E-state index >= 15 is 0 Å². The number of amides is 1. The van der Waals surface area contributed by atoms with Gasteiger partial charge in [-0.1, -0.05) is 0 Å². The molecule has 2 heterocycles. The molecule has 2 aromatic heterocycles. The Kier molecular flexibility index (Phi) is 5.93. The number of esters is 1. The number of carbonyl (C=O) groups excluding carboxylic acids is 2. The van der Waals surface area contributed by atoms with Crippen LogP contribution in [0.25, 0.3) is 0 Å². The fraction of sp³-hybridized carbons (Fsp3) is 0.333. The quantitative estimate of drug-likeness (QED) is 0.368. The number of aliphatic hydroxyl groups excluding tert-OH is 2. The van der Waals surface area contributed by atoms with Gasteiger partial charge < -0.3 is 31.1 Å². The first-order chi connectivity index (χ1) is 10.9. The van der Waals surface area contributed by atoms with E-state index in [1.165, 1.54) is 0 Å². The molecule has 0 aliphatic heterocycles. The summed E-state index contributed by atoms with van der Waals surface area (Å²) in [4.78, 5) is 21.0. The SMILES string of the molecule is COC(=O)c1c(CO)no[n+]1[O-].NC(=O)c1c(CO)no[n+]1[O-]. The van der Waals surface area contributed by atoms with E-state index in [9.17, 15) is 20.0 Å². The van der Waals surface area contributed by atoms with Crippen molar-refractivity contribution in [3.63, 3.8) is 0 Å². The highest BCUT2D eigenvalue weighted by Crippen LogP contribution is 2.01. The molecule has 0 saturated carbocycles. The summed E-state index contributed by atoms with van der Waals surface area (Å²) >= 11 is 0. The van der Waals surface area contributed by atoms with E-state index < -0.39 is 36.5 Å². The van der Waals surface area contributed by atoms with Gasteiger partial charge in [-0.3, -0.25) is 14.1 Å². The van der Waals surface area contributed by atoms with Gasteiger partial charge >= 0.3 is 11.7 Å². The molecule has 0 aromatic carbocycles. The highest BCUT2D eigenvalue weighted by Gasteiger charge is 2.26. The fourth-order valence-corrected chi connectivity index (χ4v) is 1.28. The van der Waals surface area contributed by atoms with E-state index in [0.717, 1.165) is 7.11 Å². The number of aliphatic hydroxyl groups is 2. The summed E-state index contributed by atoms with van der Waals surface area (Å²) < 4.78 is 12.3. The number of aromatic nitrogens is 4. The number of carbonyl (C=O) groups is 2. The molecule has 0 atom stereocenters. The normalized spacial score (nSPS) is 9.87. The van der Waals surface area contributed by atoms with E-state index in [4.69, 9.17) is 15.9 Å². The highest BCUT2D eigenvalue weighted by atomic mass is 16.8. The summed E-state index contributed by atoms with van der Waals surface area (Å²) in [6.45, 7) is -1.11. The zero-order valence-electron chi connectivity index (χ0n) is 11.5. The summed E-state index contributed by atoms with van der Waals surface area (Å²) in [6, 6.07) is 0. The molecule has 14 nitrogen and oxygen atoms in total. The minimum atomic E-state index is -0.981. The molecule has 14 heteroatoms. The van der Waals surface area contributed by atoms with Crippen LogP contribution in [-0.4, -0.2) is 39.5 Å². The van der Waals surface area contributed by atoms with Crippen LogP contribution in [0.2, 0.25) is 0 Å². The van der Waals surface area contributed by atoms with Crippen LogP contribution in [0.5, 0.6) is 0 Å². The van der Waals surface area contributed by atoms with Gasteiger partial charge in [0.25, 0.3) is 23.0 Å². The molecule has 0 fully saturated rings. The third-order valence-corrected chi connectivity index (χ3v) is 2.27. The average molecular weight is 333 g/mol. The van der Waals surface area contributed by atoms with Gasteiger partial charge in [0.1, 0.15) is 13.2 Å². The van der Waals surface area contributed by atoms with Crippen molar-refractivity contribution in [1.29, 1.82) is 0 Å². The maximum absolute atomic E-state index is 10.8. The van der Waals surface area contributed by atoms with Crippen molar-refractivity contribution < 1.29 is 43.6 Å². The smallest absolute Gasteiger partial charge is 0.387 e. The molecule has 0 aliphatic carbocycles. The monoisotopic (exact) mass is 333 g/mol. The number of primary amides is 1. The molecule has 2 aromatic rings. The molecule has 126 valence electrons. The number of ether oxygens (including phenoxy) is 1. The van der Waals surface area contributed by atoms with Crippen molar-refractivity contribution in [2.45, 2.75) is 13.2 Å². The Morgan fingerprint density at radius 3 is 1.91 bits per heavy atom. The third-order valence-electron chi connectivity index (χ3n) is 2.27. The number of methoxy groups -OCH3 is 1. The highest BCUT2D eigenvalue weighted by molar-refractivity contribution is 5.90. The van der Waals surface area contributed by atoms with Gasteiger partial charge in [-0.2, -0.15) is 0 Å². The molecular weight excluding hydrogens is 322 g/mol. The Bertz CT molecular complexity index is 694. The lowest BCUT2D eigenvalue weighted by molar-refractivity contribution is -0.804. The molecule has 23 heavy (non-hydrogen) atoms. The zero-order chi connectivity index (χ0) is 17.6. The minimum absolute atomic E-state index is 0.114. The first-order valence-electron chi connectivity index (χ1n) is 5.64. The Balaban J connectivity index is 0.000000231. The fourth-order valence-electron chi connectivity index (χ4n) is 1.28. The summed E-state index contributed by atoms with van der Waals surface area (Å²) in [5, 5.41) is 44.5. The predicted octanol–water partition coefficient (Wildman–Crippen LogP) is -3.51. The molecule has 0 aliphatic rings. The van der Waals surface area contributed by atoms with Crippen LogP contribution in [0, 0.1) is 10.4 Å². The van der Waals surface area contributed by atoms with E-state index in [0.29, 0.717) is 0 Å². The van der Waals surface area contributed by atoms with Gasteiger partial charge in [0.05, 0.1) is 7.11 Å². The second-order valence-corrected chi connectivity index (χ2v) is 3.62. The molecule has 2 rings (SSSR count). The molecule has 0 bridgehead atoms. The second kappa shape index (κ2) is 7.66. The Labute approximate surface area is 126 Å². The summed E-state index contributed by atoms with van der Waals surface area (Å²) in [7, 11) is 1.11. The Morgan fingerprint density at radius 2 is 1.57 bits per heavy atom. The van der Waals surface area contributed by atoms with Gasteiger partial charge in [-0.15, -0.1) is 0 Å². The predicted molar refractivity (Wildman–Crippen MR) is 62.6 cm³/mol. The van der Waals surface area contributed by atoms with Crippen LogP contribution in [0.4, 0.5) is 0 Å². The largest absolute Gasteiger partial charge is 0.463 e. The van der Waals surface area contributed by atoms with Crippen LogP contribution < -0.4 is 15.5 Å². The molecule has 0 spiro atoms. The van der Waals surface area contributed by atoms with Crippen molar-refractivity contribution in [3.8, 4) is 0 Å². The molecule has 0 unspecified atom stereocenters. The van der Waals surface area contributed by atoms with Crippen LogP contribution in [0.1, 0.15) is 32.4 Å². The molecule has 1 amide bonds. The van der Waals surface area contributed by atoms with E-state index in [-0.39, 0.29) is 21.2 Å². The zero-order valence-corrected chi connectivity index (χ0v) is 11.5. The lowest BCUT2D eigenvalue weighted by Crippen LogP contribution is -2.35. The topological polar surface area (TPSA) is 216 Å². The summed E-state index contributed by atoms with van der Waals surface area (Å²) in [5.74, 6) is -1.87. The van der Waals surface area contributed by atoms with Crippen LogP contribution in [0.15, 0.2) is 9.26 Å². The van der Waals surface area contributed by atoms with Crippen molar-refractivity contribution in [2.75, 3.05) is 7.11 Å². The number of hydrogen-bond acceptors (Lipinski definition) is 11. The maximum atomic E-state index is 10.8. The van der Waals surface area contributed by atoms with Crippen molar-refractivity contribution in [3.05, 3.63) is 33.2 Å². The molecule has 0 radical (unpaired) electrons. The maximum Gasteiger partial charge on any atom is 0.387 e. The van der Waals surface area contributed by atoms with E-state index in [1.54, 1.807) is 0 Å². The number of nitrogens with zero attached hydrogens (tertiary/aromatic N) is 4. The first kappa shape index (κ1) is 17.8. The lowest BCUT2D eigenvalue weighted by atomic mass is 10.3. The number of hydrogen-bond donors (Lipinski definition) is 3. The van der Waals surface area contributed by atoms with Crippen molar-refractivity contribution >= 4 is 11.9 Å². The average Bonchev–Trinajstić information content (AvgIpc) is 3.09. The first-order valence-corrected chi connectivity index (χ1v) is 5.64. The van der Waals surface area contributed by atoms with E-state index in [1.807, 2.05) is 0 Å². The Morgan fingerprint density at radius 1 is 1.13 bits per heavy atom. The van der Waals surface area contributed by atoms with E-state index in [2.05, 4.69) is 24.3 Å². The van der Waals surface area contributed by atoms with Crippen molar-refractivity contribution in [1.82, 2.24) is 10.3 Å². The van der Waals surface area contributed by atoms with Gasteiger partial charge in [-0.25, -0.2) is 4.79 Å². The summed E-state index contributed by atoms with van der Waals surface area (Å²) in [6.07, 6.45) is 0. The van der Waals surface area contributed by atoms with Crippen LogP contribution in [0.3, 0.4) is 0 Å². The molecular formula is C9H11N5O9. The van der Waals surface area contributed by atoms with Gasteiger partial charge in [0.15, 0.2) is 0 Å². The lowest BCUT2D eigenvalue weighted by Gasteiger charge is -1.93. The number of nitrogens with two attached hydrogens (primary N) is 1. The van der Waals surface area contributed by atoms with Gasteiger partial charge in [-0.05, 0) is 9.81 Å². The van der Waals surface area contributed by atoms with Gasteiger partial charge in [0.2, 0.25) is 0 Å². The number of rotatable bonds is 4. The standard InChI is InChI=1S/C5H6N2O5.C4H5N3O4/c1-11-5(9)4-3(2-8)6-12-7(4)10;5-4(9)3-2(1-8)6-11-7(3)10/h8H,2H2,1H3;8H,1H2,(H2,5,9). The third kappa shape index (κ3) is 3.89.